The molecule has 0 spiro atoms. The predicted octanol–water partition coefficient (Wildman–Crippen LogP) is 2.37. The van der Waals surface area contributed by atoms with E-state index >= 15 is 0 Å². The van der Waals surface area contributed by atoms with Crippen LogP contribution in [0.1, 0.15) is 31.4 Å². The number of ether oxygens (including phenoxy) is 3. The SMILES string of the molecule is CC(C)CN(C[C@@H](O)[C@H](Cc1ccc(O)cc1)NC(=O)O[C@H]1CO[C@H]2OCC[C@H]21)S(=O)(=O)c1ccc(C#N)cc1. The molecule has 2 aliphatic heterocycles. The van der Waals surface area contributed by atoms with E-state index < -0.39 is 40.7 Å². The Labute approximate surface area is 234 Å². The number of rotatable bonds is 11. The van der Waals surface area contributed by atoms with E-state index in [2.05, 4.69) is 5.32 Å². The second-order valence-electron chi connectivity index (χ2n) is 10.5. The summed E-state index contributed by atoms with van der Waals surface area (Å²) < 4.78 is 44.9. The quantitative estimate of drug-likeness (QED) is 0.367. The molecule has 1 amide bonds. The van der Waals surface area contributed by atoms with Crippen LogP contribution in [-0.4, -0.2) is 79.9 Å². The number of alkyl carbamates (subject to hydrolysis) is 1. The van der Waals surface area contributed by atoms with Gasteiger partial charge in [-0.25, -0.2) is 13.2 Å². The molecule has 5 atom stereocenters. The van der Waals surface area contributed by atoms with Gasteiger partial charge in [-0.2, -0.15) is 9.57 Å². The Morgan fingerprint density at radius 3 is 2.50 bits per heavy atom. The van der Waals surface area contributed by atoms with Gasteiger partial charge in [-0.3, -0.25) is 0 Å². The number of benzene rings is 2. The average Bonchev–Trinajstić information content (AvgIpc) is 3.54. The molecule has 0 saturated carbocycles. The Hall–Kier alpha value is -3.21. The monoisotopic (exact) mass is 573 g/mol. The molecule has 3 N–H and O–H groups in total. The summed E-state index contributed by atoms with van der Waals surface area (Å²) in [5, 5.41) is 32.8. The molecule has 2 fully saturated rings. The fourth-order valence-corrected chi connectivity index (χ4v) is 6.53. The van der Waals surface area contributed by atoms with E-state index in [0.29, 0.717) is 24.2 Å². The Kier molecular flexibility index (Phi) is 9.65. The van der Waals surface area contributed by atoms with Crippen molar-refractivity contribution >= 4 is 16.1 Å². The predicted molar refractivity (Wildman–Crippen MR) is 144 cm³/mol. The number of carbonyl (C=O) groups excluding carboxylic acids is 1. The van der Waals surface area contributed by atoms with Crippen LogP contribution >= 0.6 is 0 Å². The highest BCUT2D eigenvalue weighted by Gasteiger charge is 2.44. The third kappa shape index (κ3) is 7.30. The summed E-state index contributed by atoms with van der Waals surface area (Å²) in [6, 6.07) is 12.9. The summed E-state index contributed by atoms with van der Waals surface area (Å²) in [5.74, 6) is -0.0532. The van der Waals surface area contributed by atoms with Crippen LogP contribution in [0.25, 0.3) is 0 Å². The molecule has 0 bridgehead atoms. The third-order valence-electron chi connectivity index (χ3n) is 6.98. The maximum absolute atomic E-state index is 13.5. The summed E-state index contributed by atoms with van der Waals surface area (Å²) in [6.07, 6.45) is -2.09. The van der Waals surface area contributed by atoms with Gasteiger partial charge in [0.2, 0.25) is 10.0 Å². The zero-order valence-corrected chi connectivity index (χ0v) is 23.3. The molecule has 40 heavy (non-hydrogen) atoms. The number of fused-ring (bicyclic) bond motifs is 1. The lowest BCUT2D eigenvalue weighted by Crippen LogP contribution is -2.51. The largest absolute Gasteiger partial charge is 0.508 e. The molecule has 2 saturated heterocycles. The van der Waals surface area contributed by atoms with E-state index in [-0.39, 0.29) is 48.6 Å². The van der Waals surface area contributed by atoms with Crippen molar-refractivity contribution in [3.05, 3.63) is 59.7 Å². The van der Waals surface area contributed by atoms with Gasteiger partial charge in [-0.1, -0.05) is 26.0 Å². The number of nitrogens with zero attached hydrogens (tertiary/aromatic N) is 2. The average molecular weight is 574 g/mol. The van der Waals surface area contributed by atoms with Gasteiger partial charge < -0.3 is 29.7 Å². The van der Waals surface area contributed by atoms with Gasteiger partial charge in [0.15, 0.2) is 6.29 Å². The molecule has 0 aromatic heterocycles. The number of aliphatic hydroxyl groups excluding tert-OH is 1. The lowest BCUT2D eigenvalue weighted by molar-refractivity contribution is -0.0907. The molecule has 11 nitrogen and oxygen atoms in total. The number of hydrogen-bond acceptors (Lipinski definition) is 9. The minimum Gasteiger partial charge on any atom is -0.508 e. The van der Waals surface area contributed by atoms with Gasteiger partial charge in [0.25, 0.3) is 0 Å². The van der Waals surface area contributed by atoms with Crippen molar-refractivity contribution in [1.82, 2.24) is 9.62 Å². The third-order valence-corrected chi connectivity index (χ3v) is 8.83. The zero-order chi connectivity index (χ0) is 28.9. The highest BCUT2D eigenvalue weighted by molar-refractivity contribution is 7.89. The number of aromatic hydroxyl groups is 1. The second kappa shape index (κ2) is 13.0. The molecule has 216 valence electrons. The highest BCUT2D eigenvalue weighted by Crippen LogP contribution is 2.33. The first-order valence-corrected chi connectivity index (χ1v) is 14.7. The van der Waals surface area contributed by atoms with E-state index in [1.165, 1.54) is 40.7 Å². The van der Waals surface area contributed by atoms with Gasteiger partial charge in [0, 0.05) is 13.1 Å². The number of carbonyl (C=O) groups is 1. The smallest absolute Gasteiger partial charge is 0.407 e. The molecule has 4 rings (SSSR count). The van der Waals surface area contributed by atoms with Gasteiger partial charge in [0.05, 0.1) is 47.8 Å². The van der Waals surface area contributed by atoms with Crippen molar-refractivity contribution < 1.29 is 37.6 Å². The summed E-state index contributed by atoms with van der Waals surface area (Å²) in [5.41, 5.74) is 1.04. The minimum atomic E-state index is -4.03. The highest BCUT2D eigenvalue weighted by atomic mass is 32.2. The van der Waals surface area contributed by atoms with Crippen LogP contribution in [-0.2, 0) is 30.7 Å². The molecular formula is C28H35N3O8S. The standard InChI is InChI=1S/C28H35N3O8S/c1-18(2)15-31(40(35,36)22-9-5-20(14-29)6-10-22)16-25(33)24(13-19-3-7-21(32)8-4-19)30-28(34)39-26-17-38-27-23(26)11-12-37-27/h3-10,18,23-27,32-33H,11-13,15-17H2,1-2H3,(H,30,34)/t23-,24-,25+,26-,27+/m0/s1. The van der Waals surface area contributed by atoms with Crippen LogP contribution in [0, 0.1) is 23.2 Å². The van der Waals surface area contributed by atoms with Crippen molar-refractivity contribution in [2.24, 2.45) is 11.8 Å². The maximum Gasteiger partial charge on any atom is 0.407 e. The summed E-state index contributed by atoms with van der Waals surface area (Å²) in [6.45, 7) is 4.28. The number of hydrogen-bond donors (Lipinski definition) is 3. The number of sulfonamides is 1. The number of nitriles is 1. The van der Waals surface area contributed by atoms with Gasteiger partial charge in [-0.05, 0) is 60.7 Å². The fourth-order valence-electron chi connectivity index (χ4n) is 4.90. The number of phenolic OH excluding ortho intramolecular Hbond substituents is 1. The molecule has 0 radical (unpaired) electrons. The lowest BCUT2D eigenvalue weighted by Gasteiger charge is -2.31. The van der Waals surface area contributed by atoms with E-state index in [0.717, 1.165) is 0 Å². The molecular weight excluding hydrogens is 538 g/mol. The molecule has 2 aliphatic rings. The van der Waals surface area contributed by atoms with Gasteiger partial charge in [0.1, 0.15) is 11.9 Å². The van der Waals surface area contributed by atoms with Crippen molar-refractivity contribution in [3.8, 4) is 11.8 Å². The summed E-state index contributed by atoms with van der Waals surface area (Å²) in [4.78, 5) is 12.9. The van der Waals surface area contributed by atoms with Crippen LogP contribution in [0.4, 0.5) is 4.79 Å². The summed E-state index contributed by atoms with van der Waals surface area (Å²) >= 11 is 0. The second-order valence-corrected chi connectivity index (χ2v) is 12.4. The van der Waals surface area contributed by atoms with Crippen molar-refractivity contribution in [2.45, 2.75) is 56.1 Å². The van der Waals surface area contributed by atoms with Crippen LogP contribution in [0.15, 0.2) is 53.4 Å². The van der Waals surface area contributed by atoms with Crippen LogP contribution in [0.3, 0.4) is 0 Å². The molecule has 0 aliphatic carbocycles. The number of amides is 1. The van der Waals surface area contributed by atoms with Gasteiger partial charge in [-0.15, -0.1) is 0 Å². The molecule has 2 aromatic rings. The van der Waals surface area contributed by atoms with Crippen molar-refractivity contribution in [1.29, 1.82) is 5.26 Å². The number of nitrogens with one attached hydrogen (secondary N) is 1. The first-order valence-electron chi connectivity index (χ1n) is 13.2. The summed E-state index contributed by atoms with van der Waals surface area (Å²) in [7, 11) is -4.03. The van der Waals surface area contributed by atoms with Gasteiger partial charge >= 0.3 is 6.09 Å². The maximum atomic E-state index is 13.5. The Morgan fingerprint density at radius 1 is 1.15 bits per heavy atom. The first kappa shape index (κ1) is 29.8. The van der Waals surface area contributed by atoms with E-state index in [1.807, 2.05) is 19.9 Å². The fraction of sp³-hybridized carbons (Fsp3) is 0.500. The molecule has 0 unspecified atom stereocenters. The zero-order valence-electron chi connectivity index (χ0n) is 22.5. The Morgan fingerprint density at radius 2 is 1.85 bits per heavy atom. The van der Waals surface area contributed by atoms with Crippen LogP contribution in [0.2, 0.25) is 0 Å². The van der Waals surface area contributed by atoms with E-state index in [1.54, 1.807) is 12.1 Å². The topological polar surface area (TPSA) is 158 Å². The van der Waals surface area contributed by atoms with Crippen molar-refractivity contribution in [2.75, 3.05) is 26.3 Å². The number of aliphatic hydroxyl groups is 1. The van der Waals surface area contributed by atoms with E-state index in [9.17, 15) is 23.4 Å². The minimum absolute atomic E-state index is 0.00336. The molecule has 2 aromatic carbocycles. The van der Waals surface area contributed by atoms with Crippen LogP contribution in [0.5, 0.6) is 5.75 Å². The van der Waals surface area contributed by atoms with Crippen LogP contribution < -0.4 is 5.32 Å². The Bertz CT molecular complexity index is 1290. The molecule has 12 heteroatoms. The number of phenols is 1. The van der Waals surface area contributed by atoms with E-state index in [4.69, 9.17) is 19.5 Å². The van der Waals surface area contributed by atoms with Crippen molar-refractivity contribution in [3.63, 3.8) is 0 Å². The normalized spacial score (nSPS) is 22.1. The molecule has 2 heterocycles. The first-order chi connectivity index (χ1) is 19.1. The lowest BCUT2D eigenvalue weighted by atomic mass is 10.0. The Balaban J connectivity index is 1.52.